The molecule has 26 heavy (non-hydrogen) atoms. The summed E-state index contributed by atoms with van der Waals surface area (Å²) in [6, 6.07) is 27.0. The first-order valence-electron chi connectivity index (χ1n) is 8.19. The lowest BCUT2D eigenvalue weighted by atomic mass is 10.1. The van der Waals surface area contributed by atoms with Crippen LogP contribution in [0.1, 0.15) is 0 Å². The molecule has 3 aromatic carbocycles. The van der Waals surface area contributed by atoms with Gasteiger partial charge >= 0.3 is 0 Å². The van der Waals surface area contributed by atoms with Crippen LogP contribution in [-0.2, 0) is 0 Å². The van der Waals surface area contributed by atoms with Crippen LogP contribution in [0.4, 0.5) is 0 Å². The second-order valence-corrected chi connectivity index (χ2v) is 6.77. The van der Waals surface area contributed by atoms with Crippen LogP contribution < -0.4 is 0 Å². The molecule has 0 aliphatic carbocycles. The minimum Gasteiger partial charge on any atom is -0.507 e. The van der Waals surface area contributed by atoms with E-state index in [0.29, 0.717) is 17.1 Å². The standard InChI is InChI=1S/C22H15BrN2O/c23-17-12-10-15(11-13-17)19-14-20(18-8-4-5-9-21(18)26)25-22(24-19)16-6-2-1-3-7-16/h1-14,26H. The predicted molar refractivity (Wildman–Crippen MR) is 108 cm³/mol. The van der Waals surface area contributed by atoms with E-state index < -0.39 is 0 Å². The smallest absolute Gasteiger partial charge is 0.160 e. The molecular formula is C22H15BrN2O. The second kappa shape index (κ2) is 7.10. The SMILES string of the molecule is Oc1ccccc1-c1cc(-c2ccc(Br)cc2)nc(-c2ccccc2)n1. The Morgan fingerprint density at radius 3 is 2.04 bits per heavy atom. The summed E-state index contributed by atoms with van der Waals surface area (Å²) in [5.41, 5.74) is 4.11. The van der Waals surface area contributed by atoms with Gasteiger partial charge in [-0.3, -0.25) is 0 Å². The molecule has 1 aromatic heterocycles. The third kappa shape index (κ3) is 3.37. The lowest BCUT2D eigenvalue weighted by Gasteiger charge is -2.10. The summed E-state index contributed by atoms with van der Waals surface area (Å²) < 4.78 is 1.01. The number of aromatic hydroxyl groups is 1. The third-order valence-corrected chi connectivity index (χ3v) is 4.61. The Kier molecular flexibility index (Phi) is 4.50. The summed E-state index contributed by atoms with van der Waals surface area (Å²) in [6.07, 6.45) is 0. The van der Waals surface area contributed by atoms with Gasteiger partial charge in [0.1, 0.15) is 5.75 Å². The number of nitrogens with zero attached hydrogens (tertiary/aromatic N) is 2. The zero-order chi connectivity index (χ0) is 17.9. The highest BCUT2D eigenvalue weighted by Crippen LogP contribution is 2.32. The molecule has 4 heteroatoms. The molecule has 1 N–H and O–H groups in total. The molecule has 0 saturated heterocycles. The Morgan fingerprint density at radius 2 is 1.31 bits per heavy atom. The summed E-state index contributed by atoms with van der Waals surface area (Å²) in [7, 11) is 0. The van der Waals surface area contributed by atoms with Gasteiger partial charge in [0.05, 0.1) is 11.4 Å². The highest BCUT2D eigenvalue weighted by molar-refractivity contribution is 9.10. The molecule has 0 saturated carbocycles. The van der Waals surface area contributed by atoms with Gasteiger partial charge in [-0.15, -0.1) is 0 Å². The average Bonchev–Trinajstić information content (AvgIpc) is 2.69. The zero-order valence-corrected chi connectivity index (χ0v) is 15.4. The number of para-hydroxylation sites is 1. The minimum atomic E-state index is 0.201. The highest BCUT2D eigenvalue weighted by Gasteiger charge is 2.12. The minimum absolute atomic E-state index is 0.201. The van der Waals surface area contributed by atoms with Gasteiger partial charge in [0.15, 0.2) is 5.82 Å². The van der Waals surface area contributed by atoms with Gasteiger partial charge in [0, 0.05) is 21.2 Å². The normalized spacial score (nSPS) is 10.7. The van der Waals surface area contributed by atoms with E-state index in [0.717, 1.165) is 21.3 Å². The molecule has 0 aliphatic heterocycles. The van der Waals surface area contributed by atoms with Gasteiger partial charge in [-0.2, -0.15) is 0 Å². The summed E-state index contributed by atoms with van der Waals surface area (Å²) in [5, 5.41) is 10.3. The van der Waals surface area contributed by atoms with E-state index in [1.165, 1.54) is 0 Å². The van der Waals surface area contributed by atoms with E-state index >= 15 is 0 Å². The highest BCUT2D eigenvalue weighted by atomic mass is 79.9. The number of phenolic OH excluding ortho intramolecular Hbond substituents is 1. The molecule has 1 heterocycles. The Labute approximate surface area is 160 Å². The van der Waals surface area contributed by atoms with Crippen molar-refractivity contribution in [3.8, 4) is 39.7 Å². The molecule has 0 aliphatic rings. The van der Waals surface area contributed by atoms with Crippen molar-refractivity contribution >= 4 is 15.9 Å². The molecule has 4 rings (SSSR count). The van der Waals surface area contributed by atoms with Gasteiger partial charge in [0.2, 0.25) is 0 Å². The molecule has 0 atom stereocenters. The molecule has 4 aromatic rings. The first-order valence-corrected chi connectivity index (χ1v) is 8.99. The van der Waals surface area contributed by atoms with E-state index in [1.807, 2.05) is 72.8 Å². The first kappa shape index (κ1) is 16.5. The van der Waals surface area contributed by atoms with Crippen LogP contribution >= 0.6 is 15.9 Å². The van der Waals surface area contributed by atoms with Crippen molar-refractivity contribution in [3.05, 3.63) is 89.4 Å². The van der Waals surface area contributed by atoms with Crippen LogP contribution in [0, 0.1) is 0 Å². The summed E-state index contributed by atoms with van der Waals surface area (Å²) in [6.45, 7) is 0. The van der Waals surface area contributed by atoms with Crippen LogP contribution in [-0.4, -0.2) is 15.1 Å². The summed E-state index contributed by atoms with van der Waals surface area (Å²) >= 11 is 3.46. The van der Waals surface area contributed by atoms with E-state index in [2.05, 4.69) is 15.9 Å². The number of hydrogen-bond donors (Lipinski definition) is 1. The number of benzene rings is 3. The molecule has 0 radical (unpaired) electrons. The van der Waals surface area contributed by atoms with Crippen LogP contribution in [0.3, 0.4) is 0 Å². The molecule has 0 fully saturated rings. The van der Waals surface area contributed by atoms with Crippen molar-refractivity contribution in [1.29, 1.82) is 0 Å². The van der Waals surface area contributed by atoms with Crippen molar-refractivity contribution in [2.45, 2.75) is 0 Å². The van der Waals surface area contributed by atoms with E-state index in [1.54, 1.807) is 12.1 Å². The quantitative estimate of drug-likeness (QED) is 0.460. The van der Waals surface area contributed by atoms with Crippen molar-refractivity contribution in [2.75, 3.05) is 0 Å². The predicted octanol–water partition coefficient (Wildman–Crippen LogP) is 5.95. The van der Waals surface area contributed by atoms with Gasteiger partial charge in [-0.05, 0) is 30.3 Å². The topological polar surface area (TPSA) is 46.0 Å². The zero-order valence-electron chi connectivity index (χ0n) is 13.8. The van der Waals surface area contributed by atoms with Crippen molar-refractivity contribution in [3.63, 3.8) is 0 Å². The molecule has 0 spiro atoms. The first-order chi connectivity index (χ1) is 12.7. The molecular weight excluding hydrogens is 388 g/mol. The second-order valence-electron chi connectivity index (χ2n) is 5.85. The average molecular weight is 403 g/mol. The van der Waals surface area contributed by atoms with E-state index in [9.17, 15) is 5.11 Å². The van der Waals surface area contributed by atoms with Crippen LogP contribution in [0.15, 0.2) is 89.4 Å². The number of aromatic nitrogens is 2. The molecule has 0 bridgehead atoms. The summed E-state index contributed by atoms with van der Waals surface area (Å²) in [5.74, 6) is 0.830. The number of phenols is 1. The Hall–Kier alpha value is -2.98. The van der Waals surface area contributed by atoms with Gasteiger partial charge in [0.25, 0.3) is 0 Å². The van der Waals surface area contributed by atoms with Crippen molar-refractivity contribution in [2.24, 2.45) is 0 Å². The molecule has 0 unspecified atom stereocenters. The van der Waals surface area contributed by atoms with E-state index in [-0.39, 0.29) is 5.75 Å². The lowest BCUT2D eigenvalue weighted by Crippen LogP contribution is -1.96. The van der Waals surface area contributed by atoms with Crippen LogP contribution in [0.25, 0.3) is 33.9 Å². The molecule has 0 amide bonds. The maximum atomic E-state index is 10.3. The summed E-state index contributed by atoms with van der Waals surface area (Å²) in [4.78, 5) is 9.45. The fourth-order valence-corrected chi connectivity index (χ4v) is 3.02. The van der Waals surface area contributed by atoms with Gasteiger partial charge in [-0.1, -0.05) is 70.5 Å². The number of hydrogen-bond acceptors (Lipinski definition) is 3. The third-order valence-electron chi connectivity index (χ3n) is 4.08. The molecule has 3 nitrogen and oxygen atoms in total. The maximum absolute atomic E-state index is 10.3. The Balaban J connectivity index is 1.93. The van der Waals surface area contributed by atoms with Crippen molar-refractivity contribution in [1.82, 2.24) is 9.97 Å². The number of halogens is 1. The van der Waals surface area contributed by atoms with Gasteiger partial charge in [-0.25, -0.2) is 9.97 Å². The number of rotatable bonds is 3. The fourth-order valence-electron chi connectivity index (χ4n) is 2.76. The van der Waals surface area contributed by atoms with Crippen molar-refractivity contribution < 1.29 is 5.11 Å². The Morgan fingerprint density at radius 1 is 0.654 bits per heavy atom. The van der Waals surface area contributed by atoms with Gasteiger partial charge < -0.3 is 5.11 Å². The lowest BCUT2D eigenvalue weighted by molar-refractivity contribution is 0.477. The maximum Gasteiger partial charge on any atom is 0.160 e. The van der Waals surface area contributed by atoms with Crippen LogP contribution in [0.5, 0.6) is 5.75 Å². The fraction of sp³-hybridized carbons (Fsp3) is 0. The Bertz CT molecular complexity index is 1050. The van der Waals surface area contributed by atoms with Crippen LogP contribution in [0.2, 0.25) is 0 Å². The van der Waals surface area contributed by atoms with E-state index in [4.69, 9.17) is 9.97 Å². The molecule has 126 valence electrons. The monoisotopic (exact) mass is 402 g/mol. The largest absolute Gasteiger partial charge is 0.507 e.